The average molecular weight is 347 g/mol. The fourth-order valence-electron chi connectivity index (χ4n) is 3.24. The van der Waals surface area contributed by atoms with Crippen LogP contribution >= 0.6 is 35.8 Å². The highest BCUT2D eigenvalue weighted by Gasteiger charge is 2.34. The molecule has 2 aliphatic rings. The zero-order chi connectivity index (χ0) is 14.1. The maximum Gasteiger partial charge on any atom is 0.253 e. The number of hydrogen-bond acceptors (Lipinski definition) is 3. The van der Waals surface area contributed by atoms with E-state index >= 15 is 0 Å². The standard InChI is InChI=1S/C15H19ClN2OS.ClH/c1-20-12-4-5-14(16)13(8-12)15(19)18-11-6-9-2-3-10(7-11)17-9;/h4-5,8-11,17H,2-3,6-7H2,1H3,(H,18,19);1H. The minimum Gasteiger partial charge on any atom is -0.349 e. The van der Waals surface area contributed by atoms with Crippen molar-refractivity contribution >= 4 is 41.7 Å². The Bertz CT molecular complexity index is 514. The molecule has 0 aromatic heterocycles. The quantitative estimate of drug-likeness (QED) is 0.823. The summed E-state index contributed by atoms with van der Waals surface area (Å²) in [5, 5.41) is 7.26. The Morgan fingerprint density at radius 1 is 1.33 bits per heavy atom. The summed E-state index contributed by atoms with van der Waals surface area (Å²) in [5.41, 5.74) is 0.587. The third-order valence-corrected chi connectivity index (χ3v) is 5.28. The van der Waals surface area contributed by atoms with Gasteiger partial charge in [-0.15, -0.1) is 24.2 Å². The molecule has 0 radical (unpaired) electrons. The second-order valence-corrected chi connectivity index (χ2v) is 6.91. The Labute approximate surface area is 141 Å². The largest absolute Gasteiger partial charge is 0.349 e. The van der Waals surface area contributed by atoms with Crippen LogP contribution in [0.2, 0.25) is 5.02 Å². The molecular formula is C15H20Cl2N2OS. The van der Waals surface area contributed by atoms with Gasteiger partial charge < -0.3 is 10.6 Å². The van der Waals surface area contributed by atoms with Crippen LogP contribution < -0.4 is 10.6 Å². The van der Waals surface area contributed by atoms with Gasteiger partial charge in [-0.2, -0.15) is 0 Å². The molecule has 2 fully saturated rings. The highest BCUT2D eigenvalue weighted by Crippen LogP contribution is 2.28. The number of piperidine rings is 1. The number of thioether (sulfide) groups is 1. The van der Waals surface area contributed by atoms with E-state index in [2.05, 4.69) is 10.6 Å². The van der Waals surface area contributed by atoms with Crippen molar-refractivity contribution in [1.82, 2.24) is 10.6 Å². The summed E-state index contributed by atoms with van der Waals surface area (Å²) in [6.07, 6.45) is 6.53. The molecule has 0 saturated carbocycles. The summed E-state index contributed by atoms with van der Waals surface area (Å²) < 4.78 is 0. The van der Waals surface area contributed by atoms with E-state index < -0.39 is 0 Å². The molecule has 21 heavy (non-hydrogen) atoms. The Hall–Kier alpha value is -0.420. The second-order valence-electron chi connectivity index (χ2n) is 5.63. The van der Waals surface area contributed by atoms with Crippen LogP contribution in [-0.4, -0.2) is 30.3 Å². The summed E-state index contributed by atoms with van der Waals surface area (Å²) in [5.74, 6) is -0.0443. The van der Waals surface area contributed by atoms with Crippen LogP contribution in [0.25, 0.3) is 0 Å². The Balaban J connectivity index is 0.00000161. The number of amides is 1. The van der Waals surface area contributed by atoms with Crippen LogP contribution in [0.1, 0.15) is 36.0 Å². The fraction of sp³-hybridized carbons (Fsp3) is 0.533. The molecular weight excluding hydrogens is 327 g/mol. The third kappa shape index (κ3) is 3.86. The zero-order valence-corrected chi connectivity index (χ0v) is 14.3. The van der Waals surface area contributed by atoms with E-state index in [0.717, 1.165) is 17.7 Å². The van der Waals surface area contributed by atoms with Crippen molar-refractivity contribution < 1.29 is 4.79 Å². The van der Waals surface area contributed by atoms with E-state index in [1.807, 2.05) is 18.4 Å². The Kier molecular flexibility index (Phi) is 5.83. The van der Waals surface area contributed by atoms with Gasteiger partial charge in [-0.25, -0.2) is 0 Å². The van der Waals surface area contributed by atoms with E-state index in [1.54, 1.807) is 17.8 Å². The molecule has 2 aliphatic heterocycles. The lowest BCUT2D eigenvalue weighted by molar-refractivity contribution is 0.0924. The average Bonchev–Trinajstić information content (AvgIpc) is 2.78. The maximum atomic E-state index is 12.4. The molecule has 2 saturated heterocycles. The van der Waals surface area contributed by atoms with Crippen molar-refractivity contribution in [2.45, 2.75) is 48.7 Å². The number of carbonyl (C=O) groups excluding carboxylic acids is 1. The van der Waals surface area contributed by atoms with Gasteiger partial charge in [-0.05, 0) is 50.1 Å². The van der Waals surface area contributed by atoms with Gasteiger partial charge in [0.25, 0.3) is 5.91 Å². The molecule has 0 aliphatic carbocycles. The van der Waals surface area contributed by atoms with E-state index in [0.29, 0.717) is 22.7 Å². The number of hydrogen-bond donors (Lipinski definition) is 2. The highest BCUT2D eigenvalue weighted by atomic mass is 35.5. The molecule has 2 bridgehead atoms. The van der Waals surface area contributed by atoms with Crippen molar-refractivity contribution in [3.05, 3.63) is 28.8 Å². The predicted octanol–water partition coefficient (Wildman–Crippen LogP) is 3.50. The maximum absolute atomic E-state index is 12.4. The van der Waals surface area contributed by atoms with Gasteiger partial charge in [-0.3, -0.25) is 4.79 Å². The van der Waals surface area contributed by atoms with Gasteiger partial charge in [-0.1, -0.05) is 11.6 Å². The second kappa shape index (κ2) is 7.23. The number of carbonyl (C=O) groups is 1. The van der Waals surface area contributed by atoms with Crippen LogP contribution in [-0.2, 0) is 0 Å². The number of benzene rings is 1. The molecule has 2 heterocycles. The summed E-state index contributed by atoms with van der Waals surface area (Å²) in [6, 6.07) is 7.04. The molecule has 3 nitrogen and oxygen atoms in total. The number of nitrogens with one attached hydrogen (secondary N) is 2. The Morgan fingerprint density at radius 3 is 2.62 bits per heavy atom. The van der Waals surface area contributed by atoms with Crippen molar-refractivity contribution in [3.8, 4) is 0 Å². The zero-order valence-electron chi connectivity index (χ0n) is 11.9. The molecule has 116 valence electrons. The van der Waals surface area contributed by atoms with E-state index in [1.165, 1.54) is 12.8 Å². The molecule has 1 amide bonds. The first-order valence-electron chi connectivity index (χ1n) is 7.06. The Morgan fingerprint density at radius 2 is 2.00 bits per heavy atom. The summed E-state index contributed by atoms with van der Waals surface area (Å²) >= 11 is 7.77. The normalized spacial score (nSPS) is 27.0. The topological polar surface area (TPSA) is 41.1 Å². The molecule has 1 aromatic carbocycles. The number of fused-ring (bicyclic) bond motifs is 2. The van der Waals surface area contributed by atoms with Crippen LogP contribution in [0.4, 0.5) is 0 Å². The molecule has 2 N–H and O–H groups in total. The lowest BCUT2D eigenvalue weighted by Crippen LogP contribution is -2.48. The molecule has 0 spiro atoms. The summed E-state index contributed by atoms with van der Waals surface area (Å²) in [7, 11) is 0. The van der Waals surface area contributed by atoms with Crippen molar-refractivity contribution in [3.63, 3.8) is 0 Å². The van der Waals surface area contributed by atoms with Crippen molar-refractivity contribution in [1.29, 1.82) is 0 Å². The van der Waals surface area contributed by atoms with E-state index in [4.69, 9.17) is 11.6 Å². The highest BCUT2D eigenvalue weighted by molar-refractivity contribution is 7.98. The first kappa shape index (κ1) is 16.9. The van der Waals surface area contributed by atoms with Crippen LogP contribution in [0.15, 0.2) is 23.1 Å². The van der Waals surface area contributed by atoms with Crippen LogP contribution in [0, 0.1) is 0 Å². The molecule has 6 heteroatoms. The molecule has 3 rings (SSSR count). The minimum atomic E-state index is -0.0443. The van der Waals surface area contributed by atoms with Crippen LogP contribution in [0.5, 0.6) is 0 Å². The first-order chi connectivity index (χ1) is 9.65. The number of rotatable bonds is 3. The van der Waals surface area contributed by atoms with Gasteiger partial charge in [0, 0.05) is 23.0 Å². The minimum absolute atomic E-state index is 0. The molecule has 1 aromatic rings. The third-order valence-electron chi connectivity index (χ3n) is 4.23. The molecule has 2 unspecified atom stereocenters. The predicted molar refractivity (Wildman–Crippen MR) is 90.9 cm³/mol. The SMILES string of the molecule is CSc1ccc(Cl)c(C(=O)NC2CC3CCC(C2)N3)c1.Cl. The van der Waals surface area contributed by atoms with Gasteiger partial charge in [0.05, 0.1) is 10.6 Å². The van der Waals surface area contributed by atoms with Crippen LogP contribution in [0.3, 0.4) is 0 Å². The smallest absolute Gasteiger partial charge is 0.253 e. The van der Waals surface area contributed by atoms with Crippen molar-refractivity contribution in [2.24, 2.45) is 0 Å². The van der Waals surface area contributed by atoms with Crippen molar-refractivity contribution in [2.75, 3.05) is 6.26 Å². The van der Waals surface area contributed by atoms with Gasteiger partial charge in [0.2, 0.25) is 0 Å². The fourth-order valence-corrected chi connectivity index (χ4v) is 3.89. The monoisotopic (exact) mass is 346 g/mol. The van der Waals surface area contributed by atoms with Gasteiger partial charge in [0.15, 0.2) is 0 Å². The molecule has 2 atom stereocenters. The summed E-state index contributed by atoms with van der Waals surface area (Å²) in [6.45, 7) is 0. The lowest BCUT2D eigenvalue weighted by Gasteiger charge is -2.29. The van der Waals surface area contributed by atoms with Gasteiger partial charge in [0.1, 0.15) is 0 Å². The van der Waals surface area contributed by atoms with E-state index in [-0.39, 0.29) is 24.4 Å². The van der Waals surface area contributed by atoms with E-state index in [9.17, 15) is 4.79 Å². The lowest BCUT2D eigenvalue weighted by atomic mass is 9.99. The summed E-state index contributed by atoms with van der Waals surface area (Å²) in [4.78, 5) is 13.5. The first-order valence-corrected chi connectivity index (χ1v) is 8.66. The number of halogens is 2. The van der Waals surface area contributed by atoms with Gasteiger partial charge >= 0.3 is 0 Å².